The second-order valence-corrected chi connectivity index (χ2v) is 8.81. The quantitative estimate of drug-likeness (QED) is 0.597. The van der Waals surface area contributed by atoms with Crippen molar-refractivity contribution in [2.75, 3.05) is 26.7 Å². The van der Waals surface area contributed by atoms with E-state index in [4.69, 9.17) is 5.73 Å². The van der Waals surface area contributed by atoms with Crippen LogP contribution in [0.15, 0.2) is 36.5 Å². The molecule has 0 saturated carbocycles. The van der Waals surface area contributed by atoms with Gasteiger partial charge in [0, 0.05) is 51.3 Å². The number of carbonyl (C=O) groups excluding carboxylic acids is 3. The van der Waals surface area contributed by atoms with Gasteiger partial charge in [-0.25, -0.2) is 9.67 Å². The molecule has 2 aromatic heterocycles. The van der Waals surface area contributed by atoms with E-state index in [1.54, 1.807) is 34.6 Å². The lowest BCUT2D eigenvalue weighted by atomic mass is 9.92. The average Bonchev–Trinajstić information content (AvgIpc) is 3.31. The van der Waals surface area contributed by atoms with Crippen LogP contribution in [-0.4, -0.2) is 69.0 Å². The summed E-state index contributed by atoms with van der Waals surface area (Å²) in [5.74, 6) is 5.50. The molecule has 34 heavy (non-hydrogen) atoms. The Morgan fingerprint density at radius 3 is 2.68 bits per heavy atom. The van der Waals surface area contributed by atoms with Gasteiger partial charge in [0.25, 0.3) is 5.91 Å². The van der Waals surface area contributed by atoms with Crippen molar-refractivity contribution in [1.82, 2.24) is 24.6 Å². The number of hydrogen-bond donors (Lipinski definition) is 1. The Morgan fingerprint density at radius 2 is 2.00 bits per heavy atom. The Labute approximate surface area is 196 Å². The van der Waals surface area contributed by atoms with Crippen LogP contribution in [0.2, 0.25) is 0 Å². The van der Waals surface area contributed by atoms with Gasteiger partial charge in [-0.3, -0.25) is 14.4 Å². The zero-order valence-electron chi connectivity index (χ0n) is 19.0. The summed E-state index contributed by atoms with van der Waals surface area (Å²) in [4.78, 5) is 43.8. The van der Waals surface area contributed by atoms with Crippen LogP contribution in [0.4, 0.5) is 0 Å². The molecular formula is C25H24N6O3. The lowest BCUT2D eigenvalue weighted by molar-refractivity contribution is -0.133. The first-order valence-electron chi connectivity index (χ1n) is 11.1. The fourth-order valence-corrected chi connectivity index (χ4v) is 4.39. The van der Waals surface area contributed by atoms with Gasteiger partial charge < -0.3 is 15.5 Å². The summed E-state index contributed by atoms with van der Waals surface area (Å²) in [5.41, 5.74) is 8.64. The van der Waals surface area contributed by atoms with Crippen LogP contribution in [-0.2, 0) is 9.59 Å². The Balaban J connectivity index is 1.48. The molecule has 4 heterocycles. The minimum Gasteiger partial charge on any atom is -0.364 e. The number of primary amides is 1. The maximum atomic E-state index is 12.1. The standard InChI is InChI=1S/C25H24N6O3/c1-15(32)30-13-19(14-30)18-11-21-22(23(26)33)28-31(24(21)27-12-18)20-5-3-4-16(10-20)6-7-17-8-9-29(2)25(17)34/h3-5,10-12,17,19H,8-9,13-14H2,1-2H3,(H2,26,33). The SMILES string of the molecule is CC(=O)N1CC(c2cnc3c(c2)c(C(N)=O)nn3-c2cccc(C#CC3CCN(C)C3=O)c2)C1. The van der Waals surface area contributed by atoms with Crippen molar-refractivity contribution in [2.24, 2.45) is 11.7 Å². The van der Waals surface area contributed by atoms with E-state index in [1.165, 1.54) is 0 Å². The third-order valence-electron chi connectivity index (χ3n) is 6.48. The number of pyridine rings is 1. The molecule has 1 atom stereocenters. The second-order valence-electron chi connectivity index (χ2n) is 8.81. The number of rotatable bonds is 3. The molecule has 9 nitrogen and oxygen atoms in total. The van der Waals surface area contributed by atoms with Gasteiger partial charge in [0.15, 0.2) is 11.3 Å². The van der Waals surface area contributed by atoms with Gasteiger partial charge in [0.05, 0.1) is 11.1 Å². The molecule has 2 N–H and O–H groups in total. The Bertz CT molecular complexity index is 1390. The Kier molecular flexibility index (Phi) is 5.28. The lowest BCUT2D eigenvalue weighted by Gasteiger charge is -2.38. The van der Waals surface area contributed by atoms with Gasteiger partial charge >= 0.3 is 0 Å². The van der Waals surface area contributed by atoms with E-state index in [0.717, 1.165) is 17.5 Å². The maximum absolute atomic E-state index is 12.1. The molecule has 5 rings (SSSR count). The number of nitrogens with zero attached hydrogens (tertiary/aromatic N) is 5. The van der Waals surface area contributed by atoms with Gasteiger partial charge in [-0.05, 0) is 36.2 Å². The van der Waals surface area contributed by atoms with E-state index >= 15 is 0 Å². The minimum atomic E-state index is -0.638. The van der Waals surface area contributed by atoms with Gasteiger partial charge in [-0.2, -0.15) is 5.10 Å². The maximum Gasteiger partial charge on any atom is 0.269 e. The largest absolute Gasteiger partial charge is 0.364 e. The molecule has 0 radical (unpaired) electrons. The third kappa shape index (κ3) is 3.77. The monoisotopic (exact) mass is 456 g/mol. The summed E-state index contributed by atoms with van der Waals surface area (Å²) >= 11 is 0. The molecule has 2 aliphatic rings. The third-order valence-corrected chi connectivity index (χ3v) is 6.48. The fourth-order valence-electron chi connectivity index (χ4n) is 4.39. The van der Waals surface area contributed by atoms with Crippen molar-refractivity contribution in [1.29, 1.82) is 0 Å². The van der Waals surface area contributed by atoms with Crippen molar-refractivity contribution >= 4 is 28.8 Å². The van der Waals surface area contributed by atoms with Crippen LogP contribution in [0, 0.1) is 17.8 Å². The first-order valence-corrected chi connectivity index (χ1v) is 11.1. The fraction of sp³-hybridized carbons (Fsp3) is 0.320. The van der Waals surface area contributed by atoms with Gasteiger partial charge in [-0.1, -0.05) is 17.9 Å². The number of fused-ring (bicyclic) bond motifs is 1. The summed E-state index contributed by atoms with van der Waals surface area (Å²) in [6, 6.07) is 9.30. The van der Waals surface area contributed by atoms with Crippen molar-refractivity contribution in [3.8, 4) is 17.5 Å². The van der Waals surface area contributed by atoms with Gasteiger partial charge in [0.1, 0.15) is 5.92 Å². The number of aromatic nitrogens is 3. The second kappa shape index (κ2) is 8.30. The molecule has 0 spiro atoms. The average molecular weight is 457 g/mol. The van der Waals surface area contributed by atoms with Gasteiger partial charge in [0.2, 0.25) is 11.8 Å². The van der Waals surface area contributed by atoms with Crippen molar-refractivity contribution in [3.63, 3.8) is 0 Å². The molecule has 0 bridgehead atoms. The van der Waals surface area contributed by atoms with Crippen molar-refractivity contribution in [2.45, 2.75) is 19.3 Å². The molecule has 3 aromatic rings. The highest BCUT2D eigenvalue weighted by atomic mass is 16.2. The number of benzene rings is 1. The van der Waals surface area contributed by atoms with Crippen molar-refractivity contribution in [3.05, 3.63) is 53.3 Å². The highest BCUT2D eigenvalue weighted by Crippen LogP contribution is 2.30. The molecule has 9 heteroatoms. The lowest BCUT2D eigenvalue weighted by Crippen LogP contribution is -2.47. The normalized spacial score (nSPS) is 18.1. The molecule has 2 fully saturated rings. The minimum absolute atomic E-state index is 0.0447. The zero-order valence-corrected chi connectivity index (χ0v) is 19.0. The van der Waals surface area contributed by atoms with E-state index in [2.05, 4.69) is 21.9 Å². The molecule has 172 valence electrons. The Hall–Kier alpha value is -4.19. The number of amides is 3. The molecule has 3 amide bonds. The first-order chi connectivity index (χ1) is 16.3. The molecule has 1 unspecified atom stereocenters. The molecule has 2 aliphatic heterocycles. The summed E-state index contributed by atoms with van der Waals surface area (Å²) in [7, 11) is 1.78. The molecular weight excluding hydrogens is 432 g/mol. The van der Waals surface area contributed by atoms with E-state index < -0.39 is 5.91 Å². The summed E-state index contributed by atoms with van der Waals surface area (Å²) in [5, 5.41) is 5.02. The predicted octanol–water partition coefficient (Wildman–Crippen LogP) is 1.29. The number of likely N-dealkylation sites (tertiary alicyclic amines) is 2. The van der Waals surface area contributed by atoms with Crippen LogP contribution in [0.5, 0.6) is 0 Å². The van der Waals surface area contributed by atoms with Crippen molar-refractivity contribution < 1.29 is 14.4 Å². The van der Waals surface area contributed by atoms with E-state index in [9.17, 15) is 14.4 Å². The summed E-state index contributed by atoms with van der Waals surface area (Å²) in [6.45, 7) is 3.52. The summed E-state index contributed by atoms with van der Waals surface area (Å²) < 4.78 is 1.58. The van der Waals surface area contributed by atoms with E-state index in [-0.39, 0.29) is 29.3 Å². The highest BCUT2D eigenvalue weighted by molar-refractivity contribution is 6.03. The highest BCUT2D eigenvalue weighted by Gasteiger charge is 2.31. The number of nitrogens with two attached hydrogens (primary N) is 1. The number of hydrogen-bond acceptors (Lipinski definition) is 5. The predicted molar refractivity (Wildman–Crippen MR) is 125 cm³/mol. The molecule has 2 saturated heterocycles. The van der Waals surface area contributed by atoms with Crippen LogP contribution in [0.1, 0.15) is 40.9 Å². The van der Waals surface area contributed by atoms with Crippen LogP contribution in [0.3, 0.4) is 0 Å². The zero-order chi connectivity index (χ0) is 24.0. The topological polar surface area (TPSA) is 114 Å². The van der Waals surface area contributed by atoms with Crippen LogP contribution >= 0.6 is 0 Å². The van der Waals surface area contributed by atoms with Crippen LogP contribution in [0.25, 0.3) is 16.7 Å². The van der Waals surface area contributed by atoms with E-state index in [1.807, 2.05) is 30.3 Å². The van der Waals surface area contributed by atoms with E-state index in [0.29, 0.717) is 36.4 Å². The smallest absolute Gasteiger partial charge is 0.269 e. The van der Waals surface area contributed by atoms with Crippen LogP contribution < -0.4 is 5.73 Å². The Morgan fingerprint density at radius 1 is 1.21 bits per heavy atom. The number of carbonyl (C=O) groups is 3. The summed E-state index contributed by atoms with van der Waals surface area (Å²) in [6.07, 6.45) is 2.49. The first kappa shape index (κ1) is 21.6. The molecule has 0 aliphatic carbocycles. The molecule has 1 aromatic carbocycles. The van der Waals surface area contributed by atoms with Gasteiger partial charge in [-0.15, -0.1) is 0 Å².